The lowest BCUT2D eigenvalue weighted by atomic mass is 9.90. The lowest BCUT2D eigenvalue weighted by Crippen LogP contribution is -2.46. The van der Waals surface area contributed by atoms with Crippen LogP contribution in [0.15, 0.2) is 18.2 Å². The highest BCUT2D eigenvalue weighted by Gasteiger charge is 2.31. The van der Waals surface area contributed by atoms with Gasteiger partial charge in [-0.15, -0.1) is 0 Å². The SMILES string of the molecule is CC1CC(C(=O)O)CN(C(=O)Cc2ccc(F)cc2Cl)C1. The number of piperidine rings is 1. The fourth-order valence-corrected chi connectivity index (χ4v) is 2.91. The summed E-state index contributed by atoms with van der Waals surface area (Å²) >= 11 is 5.92. The van der Waals surface area contributed by atoms with E-state index in [0.717, 1.165) is 0 Å². The van der Waals surface area contributed by atoms with Gasteiger partial charge in [-0.05, 0) is 30.0 Å². The van der Waals surface area contributed by atoms with Gasteiger partial charge in [-0.3, -0.25) is 9.59 Å². The van der Waals surface area contributed by atoms with Gasteiger partial charge in [0.1, 0.15) is 5.82 Å². The molecule has 6 heteroatoms. The number of nitrogens with zero attached hydrogens (tertiary/aromatic N) is 1. The molecule has 0 radical (unpaired) electrons. The number of carbonyl (C=O) groups is 2. The van der Waals surface area contributed by atoms with Crippen LogP contribution in [-0.4, -0.2) is 35.0 Å². The van der Waals surface area contributed by atoms with Crippen LogP contribution < -0.4 is 0 Å². The van der Waals surface area contributed by atoms with E-state index in [4.69, 9.17) is 16.7 Å². The number of amides is 1. The van der Waals surface area contributed by atoms with Gasteiger partial charge in [-0.2, -0.15) is 0 Å². The first-order valence-corrected chi connectivity index (χ1v) is 7.19. The number of halogens is 2. The predicted octanol–water partition coefficient (Wildman–Crippen LogP) is 2.59. The fraction of sp³-hybridized carbons (Fsp3) is 0.467. The molecule has 1 aromatic carbocycles. The molecule has 0 saturated carbocycles. The summed E-state index contributed by atoms with van der Waals surface area (Å²) in [5.74, 6) is -1.89. The molecule has 1 heterocycles. The second-order valence-corrected chi connectivity index (χ2v) is 5.99. The Morgan fingerprint density at radius 1 is 1.43 bits per heavy atom. The Balaban J connectivity index is 2.07. The molecule has 1 aliphatic rings. The Bertz CT molecular complexity index is 564. The van der Waals surface area contributed by atoms with Crippen molar-refractivity contribution >= 4 is 23.5 Å². The van der Waals surface area contributed by atoms with Crippen molar-refractivity contribution < 1.29 is 19.1 Å². The third kappa shape index (κ3) is 3.94. The average Bonchev–Trinajstić information content (AvgIpc) is 2.41. The van der Waals surface area contributed by atoms with Crippen molar-refractivity contribution in [1.29, 1.82) is 0 Å². The molecule has 0 aromatic heterocycles. The molecule has 114 valence electrons. The van der Waals surface area contributed by atoms with E-state index >= 15 is 0 Å². The molecule has 1 aromatic rings. The molecule has 1 aliphatic heterocycles. The van der Waals surface area contributed by atoms with Crippen molar-refractivity contribution in [3.63, 3.8) is 0 Å². The summed E-state index contributed by atoms with van der Waals surface area (Å²) in [5, 5.41) is 9.33. The summed E-state index contributed by atoms with van der Waals surface area (Å²) in [6.45, 7) is 2.69. The van der Waals surface area contributed by atoms with E-state index in [9.17, 15) is 14.0 Å². The highest BCUT2D eigenvalue weighted by Crippen LogP contribution is 2.24. The normalized spacial score (nSPS) is 22.1. The van der Waals surface area contributed by atoms with E-state index in [1.165, 1.54) is 18.2 Å². The van der Waals surface area contributed by atoms with Gasteiger partial charge in [-0.25, -0.2) is 4.39 Å². The summed E-state index contributed by atoms with van der Waals surface area (Å²) in [7, 11) is 0. The number of aliphatic carboxylic acids is 1. The largest absolute Gasteiger partial charge is 0.481 e. The molecule has 2 rings (SSSR count). The second-order valence-electron chi connectivity index (χ2n) is 5.59. The van der Waals surface area contributed by atoms with E-state index in [0.29, 0.717) is 18.5 Å². The van der Waals surface area contributed by atoms with Crippen LogP contribution >= 0.6 is 11.6 Å². The van der Waals surface area contributed by atoms with Crippen LogP contribution in [0, 0.1) is 17.7 Å². The molecule has 1 amide bonds. The highest BCUT2D eigenvalue weighted by molar-refractivity contribution is 6.31. The van der Waals surface area contributed by atoms with Gasteiger partial charge in [0.25, 0.3) is 0 Å². The van der Waals surface area contributed by atoms with Crippen molar-refractivity contribution in [2.24, 2.45) is 11.8 Å². The summed E-state index contributed by atoms with van der Waals surface area (Å²) in [4.78, 5) is 25.0. The standard InChI is InChI=1S/C15H17ClFNO3/c1-9-4-11(15(20)21)8-18(7-9)14(19)5-10-2-3-12(17)6-13(10)16/h2-3,6,9,11H,4-5,7-8H2,1H3,(H,20,21). The summed E-state index contributed by atoms with van der Waals surface area (Å²) < 4.78 is 13.0. The van der Waals surface area contributed by atoms with Crippen molar-refractivity contribution in [2.45, 2.75) is 19.8 Å². The topological polar surface area (TPSA) is 57.6 Å². The summed E-state index contributed by atoms with van der Waals surface area (Å²) in [6.07, 6.45) is 0.634. The monoisotopic (exact) mass is 313 g/mol. The third-order valence-corrected chi connectivity index (χ3v) is 4.07. The molecule has 2 atom stereocenters. The van der Waals surface area contributed by atoms with Gasteiger partial charge >= 0.3 is 5.97 Å². The first kappa shape index (κ1) is 15.8. The number of rotatable bonds is 3. The smallest absolute Gasteiger partial charge is 0.308 e. The molecule has 2 unspecified atom stereocenters. The van der Waals surface area contributed by atoms with Gasteiger partial charge < -0.3 is 10.0 Å². The summed E-state index contributed by atoms with van der Waals surface area (Å²) in [5.41, 5.74) is 0.549. The molecule has 4 nitrogen and oxygen atoms in total. The van der Waals surface area contributed by atoms with Crippen LogP contribution in [0.5, 0.6) is 0 Å². The Kier molecular flexibility index (Phi) is 4.83. The zero-order valence-electron chi connectivity index (χ0n) is 11.7. The Labute approximate surface area is 127 Å². The van der Waals surface area contributed by atoms with Crippen molar-refractivity contribution in [3.05, 3.63) is 34.6 Å². The number of carboxylic acid groups (broad SMARTS) is 1. The van der Waals surface area contributed by atoms with Gasteiger partial charge in [0.05, 0.1) is 12.3 Å². The highest BCUT2D eigenvalue weighted by atomic mass is 35.5. The first-order chi connectivity index (χ1) is 9.86. The lowest BCUT2D eigenvalue weighted by Gasteiger charge is -2.34. The number of hydrogen-bond donors (Lipinski definition) is 1. The quantitative estimate of drug-likeness (QED) is 0.933. The number of carbonyl (C=O) groups excluding carboxylic acids is 1. The third-order valence-electron chi connectivity index (χ3n) is 3.72. The van der Waals surface area contributed by atoms with Gasteiger partial charge in [0.2, 0.25) is 5.91 Å². The summed E-state index contributed by atoms with van der Waals surface area (Å²) in [6, 6.07) is 3.91. The minimum atomic E-state index is -0.876. The van der Waals surface area contributed by atoms with Crippen molar-refractivity contribution in [1.82, 2.24) is 4.90 Å². The van der Waals surface area contributed by atoms with Crippen LogP contribution in [0.4, 0.5) is 4.39 Å². The molecular formula is C15H17ClFNO3. The molecule has 0 bridgehead atoms. The van der Waals surface area contributed by atoms with Crippen molar-refractivity contribution in [3.8, 4) is 0 Å². The maximum absolute atomic E-state index is 13.0. The molecule has 1 N–H and O–H groups in total. The van der Waals surface area contributed by atoms with Crippen LogP contribution in [0.25, 0.3) is 0 Å². The maximum Gasteiger partial charge on any atom is 0.308 e. The second kappa shape index (κ2) is 6.43. The molecule has 0 aliphatic carbocycles. The Morgan fingerprint density at radius 3 is 2.76 bits per heavy atom. The van der Waals surface area contributed by atoms with Gasteiger partial charge in [0, 0.05) is 18.1 Å². The van der Waals surface area contributed by atoms with Gasteiger partial charge in [0.15, 0.2) is 0 Å². The molecule has 0 spiro atoms. The lowest BCUT2D eigenvalue weighted by molar-refractivity contribution is -0.146. The maximum atomic E-state index is 13.0. The molecule has 21 heavy (non-hydrogen) atoms. The van der Waals surface area contributed by atoms with Crippen LogP contribution in [0.1, 0.15) is 18.9 Å². The minimum Gasteiger partial charge on any atom is -0.481 e. The number of hydrogen-bond acceptors (Lipinski definition) is 2. The molecule has 1 fully saturated rings. The van der Waals surface area contributed by atoms with E-state index in [1.54, 1.807) is 4.90 Å². The van der Waals surface area contributed by atoms with E-state index in [1.807, 2.05) is 6.92 Å². The van der Waals surface area contributed by atoms with Gasteiger partial charge in [-0.1, -0.05) is 24.6 Å². The average molecular weight is 314 g/mol. The van der Waals surface area contributed by atoms with Crippen LogP contribution in [-0.2, 0) is 16.0 Å². The molecular weight excluding hydrogens is 297 g/mol. The zero-order valence-corrected chi connectivity index (χ0v) is 12.4. The number of benzene rings is 1. The fourth-order valence-electron chi connectivity index (χ4n) is 2.67. The van der Waals surface area contributed by atoms with Crippen LogP contribution in [0.3, 0.4) is 0 Å². The number of likely N-dealkylation sites (tertiary alicyclic amines) is 1. The first-order valence-electron chi connectivity index (χ1n) is 6.81. The Hall–Kier alpha value is -1.62. The predicted molar refractivity (Wildman–Crippen MR) is 76.6 cm³/mol. The van der Waals surface area contributed by atoms with Crippen molar-refractivity contribution in [2.75, 3.05) is 13.1 Å². The Morgan fingerprint density at radius 2 is 2.14 bits per heavy atom. The van der Waals surface area contributed by atoms with Crippen LogP contribution in [0.2, 0.25) is 5.02 Å². The van der Waals surface area contributed by atoms with E-state index in [2.05, 4.69) is 0 Å². The minimum absolute atomic E-state index is 0.0537. The zero-order chi connectivity index (χ0) is 15.6. The number of carboxylic acids is 1. The van der Waals surface area contributed by atoms with E-state index in [-0.39, 0.29) is 29.8 Å². The molecule has 1 saturated heterocycles. The van der Waals surface area contributed by atoms with E-state index < -0.39 is 17.7 Å².